The molecular formula is C9H13O5PS2. The molecule has 0 saturated carbocycles. The average molecular weight is 296 g/mol. The van der Waals surface area contributed by atoms with Crippen LogP contribution in [-0.4, -0.2) is 25.4 Å². The quantitative estimate of drug-likeness (QED) is 0.491. The fraction of sp³-hybridized carbons (Fsp3) is 0.333. The Morgan fingerprint density at radius 1 is 1.41 bits per heavy atom. The van der Waals surface area contributed by atoms with Crippen molar-refractivity contribution in [2.45, 2.75) is 16.7 Å². The fourth-order valence-electron chi connectivity index (χ4n) is 1.12. The monoisotopic (exact) mass is 296 g/mol. The molecule has 1 rings (SSSR count). The Balaban J connectivity index is 3.01. The Kier molecular flexibility index (Phi) is 5.69. The number of thioether (sulfide) groups is 1. The first kappa shape index (κ1) is 14.7. The molecule has 0 fully saturated rings. The summed E-state index contributed by atoms with van der Waals surface area (Å²) in [4.78, 5) is 9.20. The van der Waals surface area contributed by atoms with Gasteiger partial charge < -0.3 is 4.89 Å². The lowest BCUT2D eigenvalue weighted by molar-refractivity contribution is 0.354. The van der Waals surface area contributed by atoms with Gasteiger partial charge in [-0.15, -0.1) is 11.8 Å². The molecule has 0 heterocycles. The number of hydrogen-bond donors (Lipinski definition) is 1. The molecule has 0 saturated heterocycles. The Morgan fingerprint density at radius 3 is 2.65 bits per heavy atom. The van der Waals surface area contributed by atoms with Crippen LogP contribution in [-0.2, 0) is 18.9 Å². The van der Waals surface area contributed by atoms with Gasteiger partial charge in [0.25, 0.3) is 10.1 Å². The molecule has 1 aromatic carbocycles. The lowest BCUT2D eigenvalue weighted by atomic mass is 10.4. The van der Waals surface area contributed by atoms with Crippen LogP contribution in [0, 0.1) is 0 Å². The smallest absolute Gasteiger partial charge is 0.298 e. The summed E-state index contributed by atoms with van der Waals surface area (Å²) in [5.74, 6) is 0.725. The molecule has 17 heavy (non-hydrogen) atoms. The zero-order valence-corrected chi connectivity index (χ0v) is 11.8. The molecule has 0 aliphatic carbocycles. The zero-order chi connectivity index (χ0) is 12.9. The van der Waals surface area contributed by atoms with E-state index in [0.29, 0.717) is 4.90 Å². The summed E-state index contributed by atoms with van der Waals surface area (Å²) in [6.45, 7) is 1.90. The zero-order valence-electron chi connectivity index (χ0n) is 9.12. The number of benzene rings is 1. The molecule has 8 heteroatoms. The Labute approximate surface area is 105 Å². The van der Waals surface area contributed by atoms with E-state index in [1.54, 1.807) is 18.2 Å². The first-order valence-corrected chi connectivity index (χ1v) is 8.76. The highest BCUT2D eigenvalue weighted by Gasteiger charge is 2.19. The van der Waals surface area contributed by atoms with Crippen molar-refractivity contribution < 1.29 is 22.1 Å². The lowest BCUT2D eigenvalue weighted by Gasteiger charge is -2.08. The molecule has 0 spiro atoms. The van der Waals surface area contributed by atoms with Gasteiger partial charge in [-0.3, -0.25) is 8.75 Å². The first-order chi connectivity index (χ1) is 7.97. The van der Waals surface area contributed by atoms with E-state index in [-0.39, 0.29) is 4.90 Å². The van der Waals surface area contributed by atoms with Crippen molar-refractivity contribution in [3.05, 3.63) is 24.3 Å². The van der Waals surface area contributed by atoms with E-state index >= 15 is 0 Å². The number of rotatable bonds is 6. The summed E-state index contributed by atoms with van der Waals surface area (Å²) in [6.07, 6.45) is -0.682. The van der Waals surface area contributed by atoms with Crippen LogP contribution in [0.5, 0.6) is 0 Å². The van der Waals surface area contributed by atoms with Crippen LogP contribution in [0.1, 0.15) is 6.92 Å². The van der Waals surface area contributed by atoms with Crippen molar-refractivity contribution in [2.75, 3.05) is 12.1 Å². The molecule has 0 aliphatic rings. The molecule has 0 aromatic heterocycles. The predicted molar refractivity (Wildman–Crippen MR) is 67.2 cm³/mol. The van der Waals surface area contributed by atoms with E-state index in [1.807, 2.05) is 6.92 Å². The summed E-state index contributed by atoms with van der Waals surface area (Å²) in [5, 5.41) is 0. The van der Waals surface area contributed by atoms with Crippen LogP contribution in [0.25, 0.3) is 0 Å². The molecule has 0 aliphatic heterocycles. The van der Waals surface area contributed by atoms with Crippen LogP contribution in [0.15, 0.2) is 34.1 Å². The highest BCUT2D eigenvalue weighted by atomic mass is 32.2. The maximum absolute atomic E-state index is 11.8. The minimum atomic E-state index is -3.96. The molecule has 1 N–H and O–H groups in total. The highest BCUT2D eigenvalue weighted by molar-refractivity contribution is 8.00. The second-order valence-corrected chi connectivity index (χ2v) is 6.96. The maximum atomic E-state index is 11.8. The largest absolute Gasteiger partial charge is 0.345 e. The van der Waals surface area contributed by atoms with Gasteiger partial charge in [-0.1, -0.05) is 19.1 Å². The van der Waals surface area contributed by atoms with Crippen molar-refractivity contribution in [3.8, 4) is 0 Å². The maximum Gasteiger partial charge on any atom is 0.298 e. The third-order valence-corrected chi connectivity index (χ3v) is 4.76. The summed E-state index contributed by atoms with van der Waals surface area (Å²) in [7, 11) is -6.92. The molecule has 1 unspecified atom stereocenters. The van der Waals surface area contributed by atoms with E-state index in [1.165, 1.54) is 17.8 Å². The van der Waals surface area contributed by atoms with Crippen LogP contribution < -0.4 is 0 Å². The Morgan fingerprint density at radius 2 is 2.06 bits per heavy atom. The molecule has 1 atom stereocenters. The van der Waals surface area contributed by atoms with Crippen molar-refractivity contribution in [1.29, 1.82) is 0 Å². The molecule has 1 aromatic rings. The lowest BCUT2D eigenvalue weighted by Crippen LogP contribution is -2.07. The van der Waals surface area contributed by atoms with Gasteiger partial charge in [-0.25, -0.2) is 0 Å². The molecule has 0 bridgehead atoms. The van der Waals surface area contributed by atoms with E-state index in [9.17, 15) is 13.0 Å². The second kappa shape index (κ2) is 6.56. The average Bonchev–Trinajstić information content (AvgIpc) is 2.28. The normalized spacial score (nSPS) is 13.5. The summed E-state index contributed by atoms with van der Waals surface area (Å²) in [6, 6.07) is 6.40. The number of hydrogen-bond acceptors (Lipinski definition) is 5. The first-order valence-electron chi connectivity index (χ1n) is 4.80. The van der Waals surface area contributed by atoms with Gasteiger partial charge in [-0.05, 0) is 17.9 Å². The van der Waals surface area contributed by atoms with Crippen LogP contribution in [0.4, 0.5) is 0 Å². The van der Waals surface area contributed by atoms with Gasteiger partial charge in [0.2, 0.25) is 8.03 Å². The van der Waals surface area contributed by atoms with Gasteiger partial charge in [0, 0.05) is 4.90 Å². The molecular weight excluding hydrogens is 283 g/mol. The van der Waals surface area contributed by atoms with Crippen LogP contribution in [0.2, 0.25) is 0 Å². The van der Waals surface area contributed by atoms with E-state index in [2.05, 4.69) is 4.18 Å². The van der Waals surface area contributed by atoms with Gasteiger partial charge in [0.05, 0.1) is 0 Å². The Bertz CT molecular complexity index is 500. The van der Waals surface area contributed by atoms with Gasteiger partial charge >= 0.3 is 0 Å². The molecule has 0 amide bonds. The van der Waals surface area contributed by atoms with Gasteiger partial charge in [-0.2, -0.15) is 8.42 Å². The summed E-state index contributed by atoms with van der Waals surface area (Å²) in [5.41, 5.74) is 0. The molecule has 96 valence electrons. The van der Waals surface area contributed by atoms with Crippen LogP contribution >= 0.6 is 19.8 Å². The fourth-order valence-corrected chi connectivity index (χ4v) is 4.01. The molecule has 0 radical (unpaired) electrons. The van der Waals surface area contributed by atoms with Crippen molar-refractivity contribution in [1.82, 2.24) is 0 Å². The second-order valence-electron chi connectivity index (χ2n) is 2.99. The summed E-state index contributed by atoms with van der Waals surface area (Å²) >= 11 is 1.37. The van der Waals surface area contributed by atoms with Crippen molar-refractivity contribution in [2.24, 2.45) is 0 Å². The minimum absolute atomic E-state index is 0.0371. The third-order valence-electron chi connectivity index (χ3n) is 1.76. The highest BCUT2D eigenvalue weighted by Crippen LogP contribution is 2.28. The van der Waals surface area contributed by atoms with Gasteiger partial charge in [0.15, 0.2) is 0 Å². The van der Waals surface area contributed by atoms with E-state index in [4.69, 9.17) is 4.89 Å². The van der Waals surface area contributed by atoms with Gasteiger partial charge in [0.1, 0.15) is 11.2 Å². The predicted octanol–water partition coefficient (Wildman–Crippen LogP) is 1.93. The molecule has 5 nitrogen and oxygen atoms in total. The van der Waals surface area contributed by atoms with Crippen molar-refractivity contribution >= 4 is 29.9 Å². The summed E-state index contributed by atoms with van der Waals surface area (Å²) < 4.78 is 38.5. The standard InChI is InChI=1S/C9H13O5PS2/c1-2-16-8-5-3-4-6-9(8)17(12,13)14-7-15(10)11/h3-6,15H,2,7H2,1H3,(H,10,11). The van der Waals surface area contributed by atoms with Crippen LogP contribution in [0.3, 0.4) is 0 Å². The minimum Gasteiger partial charge on any atom is -0.345 e. The van der Waals surface area contributed by atoms with E-state index in [0.717, 1.165) is 5.75 Å². The topological polar surface area (TPSA) is 80.7 Å². The SMILES string of the molecule is CCSc1ccccc1S(=O)(=O)OC[PH](=O)O. The Hall–Kier alpha value is -0.330. The third kappa shape index (κ3) is 4.44. The van der Waals surface area contributed by atoms with Crippen molar-refractivity contribution in [3.63, 3.8) is 0 Å². The van der Waals surface area contributed by atoms with E-state index < -0.39 is 24.5 Å².